The van der Waals surface area contributed by atoms with Crippen molar-refractivity contribution in [2.75, 3.05) is 7.11 Å². The molecule has 0 unspecified atom stereocenters. The zero-order valence-electron chi connectivity index (χ0n) is 12.2. The van der Waals surface area contributed by atoms with Crippen molar-refractivity contribution >= 4 is 16.9 Å². The molecule has 21 heavy (non-hydrogen) atoms. The lowest BCUT2D eigenvalue weighted by Crippen LogP contribution is -2.01. The average molecular weight is 279 g/mol. The van der Waals surface area contributed by atoms with E-state index in [2.05, 4.69) is 29.7 Å². The number of aromatic nitrogens is 1. The van der Waals surface area contributed by atoms with Gasteiger partial charge in [0.15, 0.2) is 0 Å². The minimum Gasteiger partial charge on any atom is -0.465 e. The van der Waals surface area contributed by atoms with Crippen LogP contribution in [0.4, 0.5) is 0 Å². The van der Waals surface area contributed by atoms with Crippen LogP contribution in [0.15, 0.2) is 54.7 Å². The van der Waals surface area contributed by atoms with Crippen molar-refractivity contribution < 1.29 is 9.53 Å². The zero-order chi connectivity index (χ0) is 14.8. The number of hydrogen-bond acceptors (Lipinski definition) is 2. The Labute approximate surface area is 123 Å². The predicted octanol–water partition coefficient (Wildman–Crippen LogP) is 3.78. The number of carbonyl (C=O) groups excluding carboxylic acids is 1. The SMILES string of the molecule is COC(=O)c1cn(Cc2ccccc2)c2cc(C)ccc12. The van der Waals surface area contributed by atoms with Crippen LogP contribution >= 0.6 is 0 Å². The van der Waals surface area contributed by atoms with Crippen LogP contribution < -0.4 is 0 Å². The van der Waals surface area contributed by atoms with E-state index < -0.39 is 0 Å². The normalized spacial score (nSPS) is 10.8. The molecule has 0 amide bonds. The number of methoxy groups -OCH3 is 1. The van der Waals surface area contributed by atoms with Crippen molar-refractivity contribution in [1.82, 2.24) is 4.57 Å². The molecule has 2 aromatic carbocycles. The Balaban J connectivity index is 2.13. The molecule has 0 fully saturated rings. The van der Waals surface area contributed by atoms with Gasteiger partial charge in [-0.15, -0.1) is 0 Å². The van der Waals surface area contributed by atoms with Gasteiger partial charge in [-0.05, 0) is 24.1 Å². The highest BCUT2D eigenvalue weighted by Gasteiger charge is 2.15. The molecule has 0 N–H and O–H groups in total. The highest BCUT2D eigenvalue weighted by atomic mass is 16.5. The number of benzene rings is 2. The van der Waals surface area contributed by atoms with Crippen LogP contribution in [0.25, 0.3) is 10.9 Å². The summed E-state index contributed by atoms with van der Waals surface area (Å²) in [6.07, 6.45) is 1.88. The van der Waals surface area contributed by atoms with Crippen molar-refractivity contribution in [3.05, 3.63) is 71.4 Å². The third-order valence-corrected chi connectivity index (χ3v) is 3.64. The van der Waals surface area contributed by atoms with Gasteiger partial charge in [0, 0.05) is 23.6 Å². The third-order valence-electron chi connectivity index (χ3n) is 3.64. The van der Waals surface area contributed by atoms with Crippen LogP contribution in [0.5, 0.6) is 0 Å². The number of aryl methyl sites for hydroxylation is 1. The largest absolute Gasteiger partial charge is 0.465 e. The Bertz CT molecular complexity index is 788. The van der Waals surface area contributed by atoms with Gasteiger partial charge in [-0.25, -0.2) is 4.79 Å². The maximum Gasteiger partial charge on any atom is 0.340 e. The predicted molar refractivity (Wildman–Crippen MR) is 83.6 cm³/mol. The lowest BCUT2D eigenvalue weighted by atomic mass is 10.1. The molecule has 106 valence electrons. The highest BCUT2D eigenvalue weighted by Crippen LogP contribution is 2.24. The maximum absolute atomic E-state index is 11.9. The fourth-order valence-corrected chi connectivity index (χ4v) is 2.59. The summed E-state index contributed by atoms with van der Waals surface area (Å²) in [4.78, 5) is 11.9. The maximum atomic E-state index is 11.9. The number of rotatable bonds is 3. The first-order valence-corrected chi connectivity index (χ1v) is 6.91. The molecule has 0 spiro atoms. The number of carbonyl (C=O) groups is 1. The number of ether oxygens (including phenoxy) is 1. The van der Waals surface area contributed by atoms with Gasteiger partial charge in [-0.3, -0.25) is 0 Å². The van der Waals surface area contributed by atoms with Crippen molar-refractivity contribution in [3.63, 3.8) is 0 Å². The van der Waals surface area contributed by atoms with Crippen LogP contribution in [0.3, 0.4) is 0 Å². The monoisotopic (exact) mass is 279 g/mol. The summed E-state index contributed by atoms with van der Waals surface area (Å²) in [6, 6.07) is 16.3. The molecule has 3 rings (SSSR count). The van der Waals surface area contributed by atoms with Crippen LogP contribution in [0.1, 0.15) is 21.5 Å². The molecule has 0 saturated heterocycles. The Kier molecular flexibility index (Phi) is 3.48. The third kappa shape index (κ3) is 2.55. The highest BCUT2D eigenvalue weighted by molar-refractivity contribution is 6.04. The average Bonchev–Trinajstić information content (AvgIpc) is 2.85. The van der Waals surface area contributed by atoms with Gasteiger partial charge in [-0.2, -0.15) is 0 Å². The van der Waals surface area contributed by atoms with Crippen LogP contribution in [0.2, 0.25) is 0 Å². The zero-order valence-corrected chi connectivity index (χ0v) is 12.2. The van der Waals surface area contributed by atoms with Gasteiger partial charge in [-0.1, -0.05) is 42.5 Å². The van der Waals surface area contributed by atoms with E-state index in [0.717, 1.165) is 17.4 Å². The lowest BCUT2D eigenvalue weighted by Gasteiger charge is -2.05. The summed E-state index contributed by atoms with van der Waals surface area (Å²) in [5.74, 6) is -0.296. The van der Waals surface area contributed by atoms with Crippen molar-refractivity contribution in [2.45, 2.75) is 13.5 Å². The van der Waals surface area contributed by atoms with E-state index in [1.54, 1.807) is 0 Å². The van der Waals surface area contributed by atoms with E-state index >= 15 is 0 Å². The molecule has 0 aliphatic heterocycles. The molecule has 0 aliphatic rings. The van der Waals surface area contributed by atoms with E-state index in [-0.39, 0.29) is 5.97 Å². The minimum absolute atomic E-state index is 0.296. The van der Waals surface area contributed by atoms with E-state index in [0.29, 0.717) is 5.56 Å². The Morgan fingerprint density at radius 1 is 1.14 bits per heavy atom. The smallest absolute Gasteiger partial charge is 0.340 e. The topological polar surface area (TPSA) is 31.2 Å². The molecular weight excluding hydrogens is 262 g/mol. The van der Waals surface area contributed by atoms with Crippen LogP contribution in [0, 0.1) is 6.92 Å². The summed E-state index contributed by atoms with van der Waals surface area (Å²) < 4.78 is 6.99. The van der Waals surface area contributed by atoms with Gasteiger partial charge in [0.05, 0.1) is 12.7 Å². The summed E-state index contributed by atoms with van der Waals surface area (Å²) in [5.41, 5.74) is 4.04. The van der Waals surface area contributed by atoms with Gasteiger partial charge in [0.1, 0.15) is 0 Å². The van der Waals surface area contributed by atoms with E-state index in [9.17, 15) is 4.79 Å². The van der Waals surface area contributed by atoms with E-state index in [1.807, 2.05) is 36.5 Å². The second-order valence-corrected chi connectivity index (χ2v) is 5.17. The quantitative estimate of drug-likeness (QED) is 0.683. The first-order valence-electron chi connectivity index (χ1n) is 6.91. The minimum atomic E-state index is -0.296. The van der Waals surface area contributed by atoms with Gasteiger partial charge >= 0.3 is 5.97 Å². The molecule has 0 radical (unpaired) electrons. The van der Waals surface area contributed by atoms with E-state index in [1.165, 1.54) is 18.2 Å². The molecule has 0 aliphatic carbocycles. The molecule has 0 bridgehead atoms. The Hall–Kier alpha value is -2.55. The fourth-order valence-electron chi connectivity index (χ4n) is 2.59. The van der Waals surface area contributed by atoms with Gasteiger partial charge in [0.2, 0.25) is 0 Å². The molecule has 3 heteroatoms. The molecule has 1 aromatic heterocycles. The van der Waals surface area contributed by atoms with Crippen LogP contribution in [-0.2, 0) is 11.3 Å². The molecule has 0 atom stereocenters. The summed E-state index contributed by atoms with van der Waals surface area (Å²) in [6.45, 7) is 2.79. The first-order chi connectivity index (χ1) is 10.2. The summed E-state index contributed by atoms with van der Waals surface area (Å²) in [5, 5.41) is 0.934. The van der Waals surface area contributed by atoms with Crippen molar-refractivity contribution in [1.29, 1.82) is 0 Å². The summed E-state index contributed by atoms with van der Waals surface area (Å²) >= 11 is 0. The van der Waals surface area contributed by atoms with Gasteiger partial charge < -0.3 is 9.30 Å². The Morgan fingerprint density at radius 2 is 1.90 bits per heavy atom. The standard InChI is InChI=1S/C18H17NO2/c1-13-8-9-15-16(18(20)21-2)12-19(17(15)10-13)11-14-6-4-3-5-7-14/h3-10,12H,11H2,1-2H3. The van der Waals surface area contributed by atoms with Crippen molar-refractivity contribution in [2.24, 2.45) is 0 Å². The molecule has 3 aromatic rings. The lowest BCUT2D eigenvalue weighted by molar-refractivity contribution is 0.0602. The van der Waals surface area contributed by atoms with Crippen LogP contribution in [-0.4, -0.2) is 17.6 Å². The van der Waals surface area contributed by atoms with E-state index in [4.69, 9.17) is 4.74 Å². The summed E-state index contributed by atoms with van der Waals surface area (Å²) in [7, 11) is 1.41. The second kappa shape index (κ2) is 5.44. The fraction of sp³-hybridized carbons (Fsp3) is 0.167. The first kappa shape index (κ1) is 13.4. The number of fused-ring (bicyclic) bond motifs is 1. The number of hydrogen-bond donors (Lipinski definition) is 0. The molecule has 3 nitrogen and oxygen atoms in total. The molecular formula is C18H17NO2. The Morgan fingerprint density at radius 3 is 2.62 bits per heavy atom. The molecule has 1 heterocycles. The van der Waals surface area contributed by atoms with Crippen molar-refractivity contribution in [3.8, 4) is 0 Å². The second-order valence-electron chi connectivity index (χ2n) is 5.17. The molecule has 0 saturated carbocycles. The number of nitrogens with zero attached hydrogens (tertiary/aromatic N) is 1. The number of esters is 1. The van der Waals surface area contributed by atoms with Gasteiger partial charge in [0.25, 0.3) is 0 Å².